The first-order valence-corrected chi connectivity index (χ1v) is 5.55. The van der Waals surface area contributed by atoms with Gasteiger partial charge in [0.15, 0.2) is 0 Å². The van der Waals surface area contributed by atoms with Crippen molar-refractivity contribution in [3.63, 3.8) is 0 Å². The molecule has 0 aliphatic heterocycles. The van der Waals surface area contributed by atoms with Gasteiger partial charge in [-0.05, 0) is 35.4 Å². The van der Waals surface area contributed by atoms with E-state index in [1.54, 1.807) is 30.3 Å². The van der Waals surface area contributed by atoms with Crippen molar-refractivity contribution in [3.8, 4) is 5.75 Å². The van der Waals surface area contributed by atoms with E-state index >= 15 is 0 Å². The van der Waals surface area contributed by atoms with Crippen molar-refractivity contribution in [3.05, 3.63) is 59.4 Å². The van der Waals surface area contributed by atoms with Gasteiger partial charge in [-0.1, -0.05) is 18.2 Å². The highest BCUT2D eigenvalue weighted by atomic mass is 19.1. The van der Waals surface area contributed by atoms with Crippen LogP contribution in [0.3, 0.4) is 0 Å². The van der Waals surface area contributed by atoms with E-state index in [1.807, 2.05) is 0 Å². The highest BCUT2D eigenvalue weighted by Crippen LogP contribution is 2.17. The molecular formula is C14H14FNO2. The third kappa shape index (κ3) is 2.99. The molecule has 4 heteroatoms. The first-order valence-electron chi connectivity index (χ1n) is 5.55. The summed E-state index contributed by atoms with van der Waals surface area (Å²) >= 11 is 0. The molecule has 0 bridgehead atoms. The summed E-state index contributed by atoms with van der Waals surface area (Å²) in [6.07, 6.45) is 0. The fraction of sp³-hybridized carbons (Fsp3) is 0.143. The minimum absolute atomic E-state index is 0.0340. The minimum Gasteiger partial charge on any atom is -0.489 e. The molecule has 94 valence electrons. The van der Waals surface area contributed by atoms with Gasteiger partial charge in [0.1, 0.15) is 18.2 Å². The lowest BCUT2D eigenvalue weighted by molar-refractivity contribution is 0.278. The molecule has 0 saturated carbocycles. The summed E-state index contributed by atoms with van der Waals surface area (Å²) in [7, 11) is 0. The second-order valence-corrected chi connectivity index (χ2v) is 3.95. The van der Waals surface area contributed by atoms with Gasteiger partial charge in [-0.3, -0.25) is 0 Å². The molecule has 2 rings (SSSR count). The van der Waals surface area contributed by atoms with E-state index in [0.29, 0.717) is 11.3 Å². The number of aliphatic hydroxyl groups excluding tert-OH is 1. The number of aliphatic hydroxyl groups is 1. The SMILES string of the molecule is Nc1ccc(COc2cccc(CO)c2)cc1F. The van der Waals surface area contributed by atoms with Crippen molar-refractivity contribution in [2.24, 2.45) is 0 Å². The Kier molecular flexibility index (Phi) is 3.79. The number of anilines is 1. The Labute approximate surface area is 105 Å². The Morgan fingerprint density at radius 2 is 1.94 bits per heavy atom. The van der Waals surface area contributed by atoms with Crippen LogP contribution in [-0.4, -0.2) is 5.11 Å². The van der Waals surface area contributed by atoms with Gasteiger partial charge in [-0.25, -0.2) is 4.39 Å². The molecule has 0 aliphatic rings. The molecular weight excluding hydrogens is 233 g/mol. The van der Waals surface area contributed by atoms with Crippen molar-refractivity contribution < 1.29 is 14.2 Å². The van der Waals surface area contributed by atoms with E-state index in [0.717, 1.165) is 5.56 Å². The van der Waals surface area contributed by atoms with Gasteiger partial charge in [0.2, 0.25) is 0 Å². The van der Waals surface area contributed by atoms with Crippen LogP contribution in [0.4, 0.5) is 10.1 Å². The Bertz CT molecular complexity index is 543. The summed E-state index contributed by atoms with van der Waals surface area (Å²) in [5.74, 6) is 0.194. The summed E-state index contributed by atoms with van der Waals surface area (Å²) in [4.78, 5) is 0. The molecule has 0 amide bonds. The highest BCUT2D eigenvalue weighted by molar-refractivity contribution is 5.41. The van der Waals surface area contributed by atoms with E-state index in [9.17, 15) is 4.39 Å². The molecule has 0 aliphatic carbocycles. The lowest BCUT2D eigenvalue weighted by Gasteiger charge is -2.08. The van der Waals surface area contributed by atoms with Crippen LogP contribution in [0.5, 0.6) is 5.75 Å². The maximum absolute atomic E-state index is 13.2. The van der Waals surface area contributed by atoms with Crippen molar-refractivity contribution in [2.75, 3.05) is 5.73 Å². The Morgan fingerprint density at radius 3 is 2.67 bits per heavy atom. The fourth-order valence-electron chi connectivity index (χ4n) is 1.56. The number of hydrogen-bond acceptors (Lipinski definition) is 3. The topological polar surface area (TPSA) is 55.5 Å². The van der Waals surface area contributed by atoms with Gasteiger partial charge in [-0.2, -0.15) is 0 Å². The normalized spacial score (nSPS) is 10.3. The number of nitrogen functional groups attached to an aromatic ring is 1. The molecule has 0 atom stereocenters. The molecule has 2 aromatic rings. The Morgan fingerprint density at radius 1 is 1.11 bits per heavy atom. The van der Waals surface area contributed by atoms with Crippen molar-refractivity contribution in [1.29, 1.82) is 0 Å². The number of rotatable bonds is 4. The van der Waals surface area contributed by atoms with E-state index in [2.05, 4.69) is 0 Å². The highest BCUT2D eigenvalue weighted by Gasteiger charge is 2.01. The van der Waals surface area contributed by atoms with E-state index in [-0.39, 0.29) is 18.9 Å². The molecule has 0 unspecified atom stereocenters. The van der Waals surface area contributed by atoms with E-state index < -0.39 is 5.82 Å². The second kappa shape index (κ2) is 5.51. The van der Waals surface area contributed by atoms with Gasteiger partial charge in [0.05, 0.1) is 12.3 Å². The number of ether oxygens (including phenoxy) is 1. The molecule has 0 aromatic heterocycles. The lowest BCUT2D eigenvalue weighted by Crippen LogP contribution is -1.98. The lowest BCUT2D eigenvalue weighted by atomic mass is 10.2. The zero-order valence-corrected chi connectivity index (χ0v) is 9.77. The molecule has 0 saturated heterocycles. The largest absolute Gasteiger partial charge is 0.489 e. The maximum atomic E-state index is 13.2. The zero-order valence-electron chi connectivity index (χ0n) is 9.77. The molecule has 3 nitrogen and oxygen atoms in total. The quantitative estimate of drug-likeness (QED) is 0.816. The average molecular weight is 247 g/mol. The third-order valence-electron chi connectivity index (χ3n) is 2.55. The van der Waals surface area contributed by atoms with Crippen LogP contribution in [0, 0.1) is 5.82 Å². The van der Waals surface area contributed by atoms with Crippen molar-refractivity contribution in [1.82, 2.24) is 0 Å². The van der Waals surface area contributed by atoms with Crippen LogP contribution in [0.1, 0.15) is 11.1 Å². The summed E-state index contributed by atoms with van der Waals surface area (Å²) in [5, 5.41) is 9.00. The number of benzene rings is 2. The van der Waals surface area contributed by atoms with Crippen molar-refractivity contribution >= 4 is 5.69 Å². The minimum atomic E-state index is -0.444. The van der Waals surface area contributed by atoms with Crippen LogP contribution < -0.4 is 10.5 Å². The number of hydrogen-bond donors (Lipinski definition) is 2. The van der Waals surface area contributed by atoms with Gasteiger partial charge in [0, 0.05) is 0 Å². The van der Waals surface area contributed by atoms with Gasteiger partial charge < -0.3 is 15.6 Å². The maximum Gasteiger partial charge on any atom is 0.146 e. The number of nitrogens with two attached hydrogens (primary N) is 1. The van der Waals surface area contributed by atoms with Gasteiger partial charge in [-0.15, -0.1) is 0 Å². The second-order valence-electron chi connectivity index (χ2n) is 3.95. The Balaban J connectivity index is 2.04. The molecule has 0 radical (unpaired) electrons. The summed E-state index contributed by atoms with van der Waals surface area (Å²) in [5.41, 5.74) is 7.00. The van der Waals surface area contributed by atoms with Gasteiger partial charge in [0.25, 0.3) is 0 Å². The molecule has 18 heavy (non-hydrogen) atoms. The van der Waals surface area contributed by atoms with Crippen LogP contribution in [-0.2, 0) is 13.2 Å². The zero-order chi connectivity index (χ0) is 13.0. The summed E-state index contributed by atoms with van der Waals surface area (Å²) in [6.45, 7) is 0.222. The van der Waals surface area contributed by atoms with E-state index in [1.165, 1.54) is 12.1 Å². The predicted molar refractivity (Wildman–Crippen MR) is 67.5 cm³/mol. The summed E-state index contributed by atoms with van der Waals surface area (Å²) < 4.78 is 18.7. The molecule has 0 spiro atoms. The first-order chi connectivity index (χ1) is 8.69. The van der Waals surface area contributed by atoms with Crippen LogP contribution >= 0.6 is 0 Å². The van der Waals surface area contributed by atoms with Gasteiger partial charge >= 0.3 is 0 Å². The van der Waals surface area contributed by atoms with Crippen molar-refractivity contribution in [2.45, 2.75) is 13.2 Å². The molecule has 0 heterocycles. The first kappa shape index (κ1) is 12.4. The van der Waals surface area contributed by atoms with E-state index in [4.69, 9.17) is 15.6 Å². The standard InChI is InChI=1S/C14H14FNO2/c15-13-7-11(4-5-14(13)16)9-18-12-3-1-2-10(6-12)8-17/h1-7,17H,8-9,16H2. The Hall–Kier alpha value is -2.07. The molecule has 2 aromatic carbocycles. The third-order valence-corrected chi connectivity index (χ3v) is 2.55. The van der Waals surface area contributed by atoms with Crippen LogP contribution in [0.2, 0.25) is 0 Å². The predicted octanol–water partition coefficient (Wildman–Crippen LogP) is 2.48. The molecule has 3 N–H and O–H groups in total. The molecule has 0 fully saturated rings. The fourth-order valence-corrected chi connectivity index (χ4v) is 1.56. The average Bonchev–Trinajstić information content (AvgIpc) is 2.40. The monoisotopic (exact) mass is 247 g/mol. The van der Waals surface area contributed by atoms with Crippen LogP contribution in [0.25, 0.3) is 0 Å². The smallest absolute Gasteiger partial charge is 0.146 e. The van der Waals surface area contributed by atoms with Crippen LogP contribution in [0.15, 0.2) is 42.5 Å². The summed E-state index contributed by atoms with van der Waals surface area (Å²) in [6, 6.07) is 11.7. The number of halogens is 1.